The molecule has 2 rings (SSSR count). The van der Waals surface area contributed by atoms with E-state index in [0.29, 0.717) is 6.54 Å². The van der Waals surface area contributed by atoms with Gasteiger partial charge in [-0.3, -0.25) is 14.6 Å². The maximum Gasteiger partial charge on any atom is 0.417 e. The SMILES string of the molecule is CC(=O)N(CCC(=O)NCc1ccncc1)c1ccc(Cl)c(C(F)(F)F)c1. The van der Waals surface area contributed by atoms with Gasteiger partial charge in [-0.2, -0.15) is 13.2 Å². The minimum Gasteiger partial charge on any atom is -0.352 e. The molecule has 0 aliphatic carbocycles. The number of anilines is 1. The van der Waals surface area contributed by atoms with E-state index in [2.05, 4.69) is 10.3 Å². The highest BCUT2D eigenvalue weighted by Crippen LogP contribution is 2.37. The highest BCUT2D eigenvalue weighted by atomic mass is 35.5. The molecule has 5 nitrogen and oxygen atoms in total. The number of rotatable bonds is 6. The van der Waals surface area contributed by atoms with E-state index in [-0.39, 0.29) is 24.6 Å². The first-order chi connectivity index (χ1) is 12.7. The molecule has 1 aromatic carbocycles. The quantitative estimate of drug-likeness (QED) is 0.803. The van der Waals surface area contributed by atoms with E-state index in [4.69, 9.17) is 11.6 Å². The molecule has 0 aliphatic heterocycles. The Balaban J connectivity index is 2.03. The summed E-state index contributed by atoms with van der Waals surface area (Å²) in [6.07, 6.45) is -1.51. The lowest BCUT2D eigenvalue weighted by Gasteiger charge is -2.22. The lowest BCUT2D eigenvalue weighted by molar-refractivity contribution is -0.137. The van der Waals surface area contributed by atoms with Crippen molar-refractivity contribution < 1.29 is 22.8 Å². The largest absolute Gasteiger partial charge is 0.417 e. The number of benzene rings is 1. The second kappa shape index (κ2) is 8.85. The van der Waals surface area contributed by atoms with Gasteiger partial charge in [0.05, 0.1) is 10.6 Å². The van der Waals surface area contributed by atoms with Crippen LogP contribution in [0.5, 0.6) is 0 Å². The summed E-state index contributed by atoms with van der Waals surface area (Å²) in [5.74, 6) is -0.810. The first-order valence-corrected chi connectivity index (χ1v) is 8.36. The Bertz CT molecular complexity index is 813. The number of nitrogens with one attached hydrogen (secondary N) is 1. The molecule has 0 spiro atoms. The van der Waals surface area contributed by atoms with Gasteiger partial charge in [-0.15, -0.1) is 0 Å². The van der Waals surface area contributed by atoms with Crippen molar-refractivity contribution in [1.29, 1.82) is 0 Å². The van der Waals surface area contributed by atoms with E-state index in [0.717, 1.165) is 22.6 Å². The van der Waals surface area contributed by atoms with Crippen LogP contribution < -0.4 is 10.2 Å². The van der Waals surface area contributed by atoms with Crippen LogP contribution >= 0.6 is 11.6 Å². The van der Waals surface area contributed by atoms with Crippen LogP contribution in [0.2, 0.25) is 5.02 Å². The van der Waals surface area contributed by atoms with E-state index in [1.807, 2.05) is 0 Å². The van der Waals surface area contributed by atoms with Crippen molar-refractivity contribution >= 4 is 29.1 Å². The molecule has 1 heterocycles. The van der Waals surface area contributed by atoms with Crippen molar-refractivity contribution in [3.8, 4) is 0 Å². The molecule has 0 aliphatic rings. The molecule has 0 radical (unpaired) electrons. The van der Waals surface area contributed by atoms with Crippen molar-refractivity contribution in [2.45, 2.75) is 26.1 Å². The summed E-state index contributed by atoms with van der Waals surface area (Å²) >= 11 is 5.60. The first kappa shape index (κ1) is 20.7. The molecule has 27 heavy (non-hydrogen) atoms. The lowest BCUT2D eigenvalue weighted by atomic mass is 10.1. The highest BCUT2D eigenvalue weighted by molar-refractivity contribution is 6.31. The maximum absolute atomic E-state index is 13.0. The van der Waals surface area contributed by atoms with E-state index >= 15 is 0 Å². The first-order valence-electron chi connectivity index (χ1n) is 7.99. The monoisotopic (exact) mass is 399 g/mol. The summed E-state index contributed by atoms with van der Waals surface area (Å²) in [7, 11) is 0. The zero-order valence-corrected chi connectivity index (χ0v) is 15.1. The number of aromatic nitrogens is 1. The van der Waals surface area contributed by atoms with Gasteiger partial charge in [-0.1, -0.05) is 11.6 Å². The minimum atomic E-state index is -4.64. The smallest absolute Gasteiger partial charge is 0.352 e. The molecule has 1 aromatic heterocycles. The van der Waals surface area contributed by atoms with Crippen molar-refractivity contribution in [2.24, 2.45) is 0 Å². The summed E-state index contributed by atoms with van der Waals surface area (Å²) in [4.78, 5) is 28.8. The molecule has 0 saturated carbocycles. The number of halogens is 4. The highest BCUT2D eigenvalue weighted by Gasteiger charge is 2.34. The molecule has 9 heteroatoms. The number of nitrogens with zero attached hydrogens (tertiary/aromatic N) is 2. The number of carbonyl (C=O) groups is 2. The average Bonchev–Trinajstić information content (AvgIpc) is 2.61. The van der Waals surface area contributed by atoms with Crippen LogP contribution in [0.4, 0.5) is 18.9 Å². The number of hydrogen-bond acceptors (Lipinski definition) is 3. The van der Waals surface area contributed by atoms with Gasteiger partial charge < -0.3 is 10.2 Å². The Labute approximate surface area is 159 Å². The predicted octanol–water partition coefficient (Wildman–Crippen LogP) is 3.81. The van der Waals surface area contributed by atoms with E-state index in [9.17, 15) is 22.8 Å². The zero-order chi connectivity index (χ0) is 20.0. The fourth-order valence-electron chi connectivity index (χ4n) is 2.37. The summed E-state index contributed by atoms with van der Waals surface area (Å²) < 4.78 is 39.0. The Morgan fingerprint density at radius 3 is 2.44 bits per heavy atom. The van der Waals surface area contributed by atoms with Crippen molar-refractivity contribution in [3.63, 3.8) is 0 Å². The fraction of sp³-hybridized carbons (Fsp3) is 0.278. The van der Waals surface area contributed by atoms with Crippen LogP contribution in [0, 0.1) is 0 Å². The number of hydrogen-bond donors (Lipinski definition) is 1. The summed E-state index contributed by atoms with van der Waals surface area (Å²) in [5, 5.41) is 2.23. The minimum absolute atomic E-state index is 0.0289. The molecule has 0 saturated heterocycles. The topological polar surface area (TPSA) is 62.3 Å². The van der Waals surface area contributed by atoms with Crippen LogP contribution in [0.3, 0.4) is 0 Å². The van der Waals surface area contributed by atoms with E-state index < -0.39 is 22.7 Å². The summed E-state index contributed by atoms with van der Waals surface area (Å²) in [6.45, 7) is 1.45. The lowest BCUT2D eigenvalue weighted by Crippen LogP contribution is -2.34. The van der Waals surface area contributed by atoms with Gasteiger partial charge in [0, 0.05) is 44.5 Å². The van der Waals surface area contributed by atoms with Gasteiger partial charge >= 0.3 is 6.18 Å². The Kier molecular flexibility index (Phi) is 6.79. The fourth-order valence-corrected chi connectivity index (χ4v) is 2.59. The molecule has 1 N–H and O–H groups in total. The molecule has 0 bridgehead atoms. The molecule has 0 atom stereocenters. The molecule has 0 fully saturated rings. The molecule has 144 valence electrons. The maximum atomic E-state index is 13.0. The third-order valence-electron chi connectivity index (χ3n) is 3.75. The van der Waals surface area contributed by atoms with Gasteiger partial charge in [0.1, 0.15) is 0 Å². The van der Waals surface area contributed by atoms with Crippen LogP contribution in [-0.4, -0.2) is 23.3 Å². The molecule has 2 aromatic rings. The van der Waals surface area contributed by atoms with Crippen LogP contribution in [0.1, 0.15) is 24.5 Å². The van der Waals surface area contributed by atoms with Crippen molar-refractivity contribution in [3.05, 3.63) is 58.9 Å². The van der Waals surface area contributed by atoms with Gasteiger partial charge in [-0.25, -0.2) is 0 Å². The number of pyridine rings is 1. The Hall–Kier alpha value is -2.61. The molecular formula is C18H17ClF3N3O2. The predicted molar refractivity (Wildman–Crippen MR) is 95.2 cm³/mol. The normalized spacial score (nSPS) is 11.1. The molecule has 2 amide bonds. The number of alkyl halides is 3. The summed E-state index contributed by atoms with van der Waals surface area (Å²) in [5.41, 5.74) is -0.148. The Morgan fingerprint density at radius 1 is 1.19 bits per heavy atom. The Morgan fingerprint density at radius 2 is 1.85 bits per heavy atom. The second-order valence-electron chi connectivity index (χ2n) is 5.71. The standard InChI is InChI=1S/C18H17ClF3N3O2/c1-12(26)25(14-2-3-16(19)15(10-14)18(20,21)22)9-6-17(27)24-11-13-4-7-23-8-5-13/h2-5,7-8,10H,6,9,11H2,1H3,(H,24,27). The number of amides is 2. The van der Waals surface area contributed by atoms with Crippen LogP contribution in [0.25, 0.3) is 0 Å². The van der Waals surface area contributed by atoms with E-state index in [1.165, 1.54) is 13.0 Å². The van der Waals surface area contributed by atoms with Crippen LogP contribution in [0.15, 0.2) is 42.7 Å². The number of carbonyl (C=O) groups excluding carboxylic acids is 2. The second-order valence-corrected chi connectivity index (χ2v) is 6.12. The third kappa shape index (κ3) is 5.96. The van der Waals surface area contributed by atoms with Gasteiger partial charge in [0.2, 0.25) is 11.8 Å². The van der Waals surface area contributed by atoms with Crippen molar-refractivity contribution in [2.75, 3.05) is 11.4 Å². The van der Waals surface area contributed by atoms with Crippen molar-refractivity contribution in [1.82, 2.24) is 10.3 Å². The molecular weight excluding hydrogens is 383 g/mol. The zero-order valence-electron chi connectivity index (χ0n) is 14.4. The van der Waals surface area contributed by atoms with Gasteiger partial charge in [0.25, 0.3) is 0 Å². The average molecular weight is 400 g/mol. The third-order valence-corrected chi connectivity index (χ3v) is 4.08. The van der Waals surface area contributed by atoms with Gasteiger partial charge in [-0.05, 0) is 35.9 Å². The summed E-state index contributed by atoms with van der Waals surface area (Å²) in [6, 6.07) is 6.69. The van der Waals surface area contributed by atoms with E-state index in [1.54, 1.807) is 24.5 Å². The van der Waals surface area contributed by atoms with Gasteiger partial charge in [0.15, 0.2) is 0 Å². The van der Waals surface area contributed by atoms with Crippen LogP contribution in [-0.2, 0) is 22.3 Å². The molecule has 0 unspecified atom stereocenters.